The van der Waals surface area contributed by atoms with Crippen LogP contribution in [0.25, 0.3) is 0 Å². The number of benzene rings is 3. The lowest BCUT2D eigenvalue weighted by molar-refractivity contribution is 0.0120. The molecule has 3 nitrogen and oxygen atoms in total. The first-order valence-corrected chi connectivity index (χ1v) is 19.5. The van der Waals surface area contributed by atoms with Crippen LogP contribution in [-0.4, -0.2) is 22.7 Å². The van der Waals surface area contributed by atoms with Crippen molar-refractivity contribution in [3.8, 4) is 6.07 Å². The summed E-state index contributed by atoms with van der Waals surface area (Å²) in [4.78, 5) is 0. The molecule has 0 heterocycles. The Hall–Kier alpha value is -2.21. The highest BCUT2D eigenvalue weighted by Gasteiger charge is 2.52. The third-order valence-electron chi connectivity index (χ3n) is 7.24. The van der Waals surface area contributed by atoms with Crippen LogP contribution in [0.15, 0.2) is 84.9 Å². The molecule has 0 saturated heterocycles. The smallest absolute Gasteiger partial charge is 0.193 e. The van der Waals surface area contributed by atoms with Crippen molar-refractivity contribution in [3.63, 3.8) is 0 Å². The van der Waals surface area contributed by atoms with E-state index in [1.54, 1.807) is 0 Å². The maximum Gasteiger partial charge on any atom is 0.193 e. The van der Waals surface area contributed by atoms with Gasteiger partial charge in [-0.05, 0) is 66.6 Å². The van der Waals surface area contributed by atoms with Gasteiger partial charge in [0.05, 0.1) is 12.2 Å². The second-order valence-electron chi connectivity index (χ2n) is 12.2. The van der Waals surface area contributed by atoms with Gasteiger partial charge in [0.25, 0.3) is 0 Å². The third-order valence-corrected chi connectivity index (χ3v) is 12.9. The monoisotopic (exact) mass is 549 g/mol. The number of halogens is 1. The zero-order chi connectivity index (χ0) is 27.5. The second-order valence-corrected chi connectivity index (χ2v) is 21.8. The molecule has 0 radical (unpaired) electrons. The molecule has 0 aliphatic rings. The van der Waals surface area contributed by atoms with Crippen molar-refractivity contribution >= 4 is 28.2 Å². The molecule has 0 fully saturated rings. The zero-order valence-corrected chi connectivity index (χ0v) is 26.1. The number of rotatable bonds is 9. The molecule has 0 spiro atoms. The van der Waals surface area contributed by atoms with E-state index in [-0.39, 0.29) is 5.04 Å². The standard InChI is InChI=1S/C31H40ClNO2Si2/c1-30(2,3)37(7,8)34-28(24-19-21-27(32)22-20-24)29(35-36(4,5)6)31(23-33,25-15-11-9-12-16-25)26-17-13-10-14-18-26/h9-22,28-29H,1-8H3/t28-,29+/m0/s1. The van der Waals surface area contributed by atoms with E-state index in [0.717, 1.165) is 16.7 Å². The van der Waals surface area contributed by atoms with Crippen LogP contribution in [0, 0.1) is 11.3 Å². The Labute approximate surface area is 230 Å². The van der Waals surface area contributed by atoms with Crippen molar-refractivity contribution in [1.29, 1.82) is 5.26 Å². The summed E-state index contributed by atoms with van der Waals surface area (Å²) >= 11 is 6.31. The minimum atomic E-state index is -2.30. The maximum atomic E-state index is 11.2. The summed E-state index contributed by atoms with van der Waals surface area (Å²) in [5, 5.41) is 11.8. The van der Waals surface area contributed by atoms with Crippen molar-refractivity contribution in [1.82, 2.24) is 0 Å². The van der Waals surface area contributed by atoms with E-state index in [2.05, 4.69) is 59.6 Å². The molecule has 0 aromatic heterocycles. The first kappa shape index (κ1) is 29.4. The normalized spacial score (nSPS) is 14.6. The van der Waals surface area contributed by atoms with E-state index >= 15 is 0 Å². The van der Waals surface area contributed by atoms with Gasteiger partial charge in [-0.1, -0.05) is 105 Å². The van der Waals surface area contributed by atoms with Crippen LogP contribution < -0.4 is 0 Å². The minimum Gasteiger partial charge on any atom is -0.409 e. The summed E-state index contributed by atoms with van der Waals surface area (Å²) in [7, 11) is -4.48. The molecule has 196 valence electrons. The number of hydrogen-bond donors (Lipinski definition) is 0. The lowest BCUT2D eigenvalue weighted by atomic mass is 9.69. The van der Waals surface area contributed by atoms with Gasteiger partial charge in [-0.25, -0.2) is 0 Å². The van der Waals surface area contributed by atoms with Crippen LogP contribution in [0.1, 0.15) is 43.6 Å². The summed E-state index contributed by atoms with van der Waals surface area (Å²) < 4.78 is 14.3. The van der Waals surface area contributed by atoms with Gasteiger partial charge >= 0.3 is 0 Å². The van der Waals surface area contributed by atoms with Gasteiger partial charge < -0.3 is 8.85 Å². The van der Waals surface area contributed by atoms with Crippen molar-refractivity contribution in [2.24, 2.45) is 0 Å². The average molecular weight is 550 g/mol. The fourth-order valence-electron chi connectivity index (χ4n) is 4.30. The molecule has 0 saturated carbocycles. The zero-order valence-electron chi connectivity index (χ0n) is 23.4. The molecule has 3 aromatic carbocycles. The third kappa shape index (κ3) is 6.63. The molecule has 37 heavy (non-hydrogen) atoms. The van der Waals surface area contributed by atoms with Gasteiger partial charge in [0.15, 0.2) is 16.6 Å². The minimum absolute atomic E-state index is 0.0316. The Kier molecular flexibility index (Phi) is 8.94. The SMILES string of the molecule is CC(C)(C)[Si](C)(C)O[C@@H](c1ccc(Cl)cc1)[C@@H](O[Si](C)(C)C)C(C#N)(c1ccccc1)c1ccccc1. The van der Waals surface area contributed by atoms with Gasteiger partial charge in [0.1, 0.15) is 11.5 Å². The van der Waals surface area contributed by atoms with Crippen molar-refractivity contribution in [2.75, 3.05) is 0 Å². The van der Waals surface area contributed by atoms with E-state index in [1.807, 2.05) is 84.9 Å². The Balaban J connectivity index is 2.39. The number of hydrogen-bond acceptors (Lipinski definition) is 3. The van der Waals surface area contributed by atoms with Crippen LogP contribution in [0.2, 0.25) is 42.8 Å². The van der Waals surface area contributed by atoms with Crippen LogP contribution >= 0.6 is 11.6 Å². The first-order valence-electron chi connectivity index (χ1n) is 12.8. The predicted molar refractivity (Wildman–Crippen MR) is 160 cm³/mol. The van der Waals surface area contributed by atoms with Crippen LogP contribution in [0.3, 0.4) is 0 Å². The predicted octanol–water partition coefficient (Wildman–Crippen LogP) is 9.13. The van der Waals surface area contributed by atoms with Crippen molar-refractivity contribution in [2.45, 2.75) is 76.2 Å². The van der Waals surface area contributed by atoms with E-state index in [9.17, 15) is 5.26 Å². The Bertz CT molecular complexity index is 1150. The van der Waals surface area contributed by atoms with E-state index in [4.69, 9.17) is 20.5 Å². The topological polar surface area (TPSA) is 42.2 Å². The Morgan fingerprint density at radius 2 is 1.19 bits per heavy atom. The molecule has 3 rings (SSSR count). The molecule has 2 atom stereocenters. The highest BCUT2D eigenvalue weighted by atomic mass is 35.5. The lowest BCUT2D eigenvalue weighted by Gasteiger charge is -2.47. The highest BCUT2D eigenvalue weighted by Crippen LogP contribution is 2.48. The Morgan fingerprint density at radius 1 is 0.730 bits per heavy atom. The molecule has 0 aliphatic heterocycles. The molecular weight excluding hydrogens is 510 g/mol. The first-order chi connectivity index (χ1) is 17.2. The molecule has 0 N–H and O–H groups in total. The quantitative estimate of drug-likeness (QED) is 0.250. The van der Waals surface area contributed by atoms with Crippen LogP contribution in [0.5, 0.6) is 0 Å². The molecule has 0 aliphatic carbocycles. The summed E-state index contributed by atoms with van der Waals surface area (Å²) in [5.74, 6) is 0. The van der Waals surface area contributed by atoms with Crippen molar-refractivity contribution < 1.29 is 8.85 Å². The van der Waals surface area contributed by atoms with Gasteiger partial charge in [0.2, 0.25) is 0 Å². The summed E-state index contributed by atoms with van der Waals surface area (Å²) in [6.07, 6.45) is -1.07. The molecule has 6 heteroatoms. The second kappa shape index (κ2) is 11.3. The van der Waals surface area contributed by atoms with E-state index in [1.165, 1.54) is 0 Å². The highest BCUT2D eigenvalue weighted by molar-refractivity contribution is 6.74. The Morgan fingerprint density at radius 3 is 1.57 bits per heavy atom. The van der Waals surface area contributed by atoms with Crippen LogP contribution in [-0.2, 0) is 14.3 Å². The van der Waals surface area contributed by atoms with Gasteiger partial charge in [-0.3, -0.25) is 0 Å². The maximum absolute atomic E-state index is 11.2. The fraction of sp³-hybridized carbons (Fsp3) is 0.387. The number of nitriles is 1. The van der Waals surface area contributed by atoms with E-state index < -0.39 is 34.3 Å². The average Bonchev–Trinajstić information content (AvgIpc) is 2.83. The summed E-state index contributed by atoms with van der Waals surface area (Å²) in [5.41, 5.74) is 1.65. The van der Waals surface area contributed by atoms with Crippen molar-refractivity contribution in [3.05, 3.63) is 107 Å². The largest absolute Gasteiger partial charge is 0.409 e. The molecule has 0 amide bonds. The molecule has 0 bridgehead atoms. The summed E-state index contributed by atoms with van der Waals surface area (Å²) in [6, 6.07) is 30.6. The number of nitrogens with zero attached hydrogens (tertiary/aromatic N) is 1. The van der Waals surface area contributed by atoms with Gasteiger partial charge in [-0.15, -0.1) is 0 Å². The van der Waals surface area contributed by atoms with Crippen LogP contribution in [0.4, 0.5) is 0 Å². The van der Waals surface area contributed by atoms with Gasteiger partial charge in [-0.2, -0.15) is 5.26 Å². The molecule has 0 unspecified atom stereocenters. The fourth-order valence-corrected chi connectivity index (χ4v) is 6.74. The van der Waals surface area contributed by atoms with Gasteiger partial charge in [0, 0.05) is 5.02 Å². The summed E-state index contributed by atoms with van der Waals surface area (Å²) in [6.45, 7) is 17.7. The van der Waals surface area contributed by atoms with E-state index in [0.29, 0.717) is 5.02 Å². The lowest BCUT2D eigenvalue weighted by Crippen LogP contribution is -2.53. The molecule has 3 aromatic rings. The molecular formula is C31H40ClNO2Si2.